The van der Waals surface area contributed by atoms with Gasteiger partial charge in [0.1, 0.15) is 0 Å². The molecule has 4 nitrogen and oxygen atoms in total. The number of fused-ring (bicyclic) bond motifs is 1. The highest BCUT2D eigenvalue weighted by atomic mass is 35.5. The van der Waals surface area contributed by atoms with E-state index in [2.05, 4.69) is 36.2 Å². The molecule has 3 heterocycles. The van der Waals surface area contributed by atoms with Gasteiger partial charge in [-0.3, -0.25) is 0 Å². The van der Waals surface area contributed by atoms with Gasteiger partial charge in [0.25, 0.3) is 0 Å². The molecule has 2 atom stereocenters. The van der Waals surface area contributed by atoms with Gasteiger partial charge in [0.2, 0.25) is 5.95 Å². The van der Waals surface area contributed by atoms with Crippen molar-refractivity contribution in [3.05, 3.63) is 34.7 Å². The molecule has 0 saturated carbocycles. The minimum atomic E-state index is 0.0729. The maximum atomic E-state index is 6.54. The Hall–Kier alpha value is -1.39. The van der Waals surface area contributed by atoms with Crippen molar-refractivity contribution in [1.82, 2.24) is 15.3 Å². The molecule has 0 radical (unpaired) electrons. The third-order valence-electron chi connectivity index (χ3n) is 5.73. The largest absolute Gasteiger partial charge is 0.338 e. The predicted octanol–water partition coefficient (Wildman–Crippen LogP) is 3.49. The van der Waals surface area contributed by atoms with Crippen molar-refractivity contribution in [3.63, 3.8) is 0 Å². The van der Waals surface area contributed by atoms with Gasteiger partial charge in [0.15, 0.2) is 0 Å². The summed E-state index contributed by atoms with van der Waals surface area (Å²) in [7, 11) is 0. The minimum absolute atomic E-state index is 0.0729. The number of hydrogen-bond acceptors (Lipinski definition) is 4. The molecule has 25 heavy (non-hydrogen) atoms. The highest BCUT2D eigenvalue weighted by Gasteiger charge is 2.27. The zero-order valence-electron chi connectivity index (χ0n) is 15.2. The van der Waals surface area contributed by atoms with E-state index in [1.54, 1.807) is 0 Å². The minimum Gasteiger partial charge on any atom is -0.338 e. The molecule has 1 saturated heterocycles. The maximum Gasteiger partial charge on any atom is 0.226 e. The molecule has 5 heteroatoms. The van der Waals surface area contributed by atoms with E-state index in [0.717, 1.165) is 50.5 Å². The SMILES string of the molecule is CC1=CC=C(c2nc(N3CCCC3C)nc3c2CCNCC3)CC1Cl. The molecular formula is C20H27ClN4. The summed E-state index contributed by atoms with van der Waals surface area (Å²) in [5.74, 6) is 0.916. The third kappa shape index (κ3) is 3.34. The van der Waals surface area contributed by atoms with Gasteiger partial charge in [0, 0.05) is 31.1 Å². The second-order valence-electron chi connectivity index (χ2n) is 7.51. The quantitative estimate of drug-likeness (QED) is 0.821. The van der Waals surface area contributed by atoms with Gasteiger partial charge in [-0.25, -0.2) is 9.97 Å². The first-order valence-electron chi connectivity index (χ1n) is 9.52. The number of anilines is 1. The van der Waals surface area contributed by atoms with Crippen molar-refractivity contribution in [2.24, 2.45) is 0 Å². The van der Waals surface area contributed by atoms with Crippen LogP contribution in [0.15, 0.2) is 17.7 Å². The molecule has 1 N–H and O–H groups in total. The lowest BCUT2D eigenvalue weighted by Gasteiger charge is -2.25. The fourth-order valence-corrected chi connectivity index (χ4v) is 4.33. The first-order chi connectivity index (χ1) is 12.1. The standard InChI is InChI=1S/C20H27ClN4/c1-13-5-6-15(12-17(13)21)19-16-7-9-22-10-8-18(16)23-20(24-19)25-11-3-4-14(25)2/h5-6,14,17,22H,3-4,7-12H2,1-2H3. The van der Waals surface area contributed by atoms with Crippen molar-refractivity contribution in [2.45, 2.75) is 57.4 Å². The summed E-state index contributed by atoms with van der Waals surface area (Å²) in [6.45, 7) is 7.44. The van der Waals surface area contributed by atoms with Gasteiger partial charge in [-0.1, -0.05) is 17.7 Å². The molecule has 0 amide bonds. The van der Waals surface area contributed by atoms with E-state index in [4.69, 9.17) is 21.6 Å². The Balaban J connectivity index is 1.81. The Bertz CT molecular complexity index is 725. The molecule has 2 aliphatic heterocycles. The van der Waals surface area contributed by atoms with Crippen molar-refractivity contribution in [3.8, 4) is 0 Å². The summed E-state index contributed by atoms with van der Waals surface area (Å²) in [6.07, 6.45) is 9.65. The molecule has 2 unspecified atom stereocenters. The smallest absolute Gasteiger partial charge is 0.226 e. The fraction of sp³-hybridized carbons (Fsp3) is 0.600. The summed E-state index contributed by atoms with van der Waals surface area (Å²) < 4.78 is 0. The predicted molar refractivity (Wildman–Crippen MR) is 104 cm³/mol. The van der Waals surface area contributed by atoms with Crippen LogP contribution in [0.25, 0.3) is 5.57 Å². The Morgan fingerprint density at radius 3 is 2.80 bits per heavy atom. The van der Waals surface area contributed by atoms with Crippen LogP contribution in [0, 0.1) is 0 Å². The monoisotopic (exact) mass is 358 g/mol. The lowest BCUT2D eigenvalue weighted by atomic mass is 9.92. The normalized spacial score (nSPS) is 26.8. The zero-order valence-corrected chi connectivity index (χ0v) is 15.9. The van der Waals surface area contributed by atoms with Crippen LogP contribution < -0.4 is 10.2 Å². The van der Waals surface area contributed by atoms with Crippen LogP contribution in [-0.2, 0) is 12.8 Å². The van der Waals surface area contributed by atoms with Crippen molar-refractivity contribution >= 4 is 23.1 Å². The summed E-state index contributed by atoms with van der Waals surface area (Å²) in [5.41, 5.74) is 6.18. The molecule has 1 aromatic rings. The van der Waals surface area contributed by atoms with Crippen LogP contribution in [0.3, 0.4) is 0 Å². The molecular weight excluding hydrogens is 332 g/mol. The van der Waals surface area contributed by atoms with E-state index in [0.29, 0.717) is 6.04 Å². The number of hydrogen-bond donors (Lipinski definition) is 1. The van der Waals surface area contributed by atoms with E-state index in [9.17, 15) is 0 Å². The van der Waals surface area contributed by atoms with Crippen LogP contribution >= 0.6 is 11.6 Å². The van der Waals surface area contributed by atoms with Crippen LogP contribution in [0.4, 0.5) is 5.95 Å². The summed E-state index contributed by atoms with van der Waals surface area (Å²) >= 11 is 6.54. The van der Waals surface area contributed by atoms with Crippen LogP contribution in [0.2, 0.25) is 0 Å². The second-order valence-corrected chi connectivity index (χ2v) is 8.03. The van der Waals surface area contributed by atoms with Gasteiger partial charge >= 0.3 is 0 Å². The Labute approximate surface area is 155 Å². The Morgan fingerprint density at radius 2 is 2.04 bits per heavy atom. The molecule has 0 spiro atoms. The average Bonchev–Trinajstić information content (AvgIpc) is 2.89. The molecule has 0 bridgehead atoms. The van der Waals surface area contributed by atoms with Gasteiger partial charge < -0.3 is 10.2 Å². The molecule has 4 rings (SSSR count). The summed E-state index contributed by atoms with van der Waals surface area (Å²) in [4.78, 5) is 12.4. The Kier molecular flexibility index (Phi) is 4.83. The lowest BCUT2D eigenvalue weighted by molar-refractivity contribution is 0.703. The van der Waals surface area contributed by atoms with E-state index in [1.165, 1.54) is 35.2 Å². The van der Waals surface area contributed by atoms with Gasteiger partial charge in [-0.15, -0.1) is 11.6 Å². The number of nitrogens with zero attached hydrogens (tertiary/aromatic N) is 3. The fourth-order valence-electron chi connectivity index (χ4n) is 4.09. The molecule has 0 aromatic carbocycles. The van der Waals surface area contributed by atoms with Crippen molar-refractivity contribution in [2.75, 3.05) is 24.5 Å². The molecule has 1 aliphatic carbocycles. The maximum absolute atomic E-state index is 6.54. The number of nitrogens with one attached hydrogen (secondary N) is 1. The van der Waals surface area contributed by atoms with Gasteiger partial charge in [-0.2, -0.15) is 0 Å². The van der Waals surface area contributed by atoms with Crippen molar-refractivity contribution in [1.29, 1.82) is 0 Å². The number of alkyl halides is 1. The van der Waals surface area contributed by atoms with Gasteiger partial charge in [-0.05, 0) is 51.6 Å². The first-order valence-corrected chi connectivity index (χ1v) is 9.96. The van der Waals surface area contributed by atoms with E-state index in [1.807, 2.05) is 0 Å². The average molecular weight is 359 g/mol. The third-order valence-corrected chi connectivity index (χ3v) is 6.22. The molecule has 1 aromatic heterocycles. The van der Waals surface area contributed by atoms with Crippen molar-refractivity contribution < 1.29 is 0 Å². The Morgan fingerprint density at radius 1 is 1.20 bits per heavy atom. The number of rotatable bonds is 2. The number of allylic oxidation sites excluding steroid dienone is 4. The van der Waals surface area contributed by atoms with Crippen LogP contribution in [-0.4, -0.2) is 41.0 Å². The number of aromatic nitrogens is 2. The first kappa shape index (κ1) is 17.0. The molecule has 3 aliphatic rings. The topological polar surface area (TPSA) is 41.1 Å². The zero-order chi connectivity index (χ0) is 17.4. The second kappa shape index (κ2) is 7.08. The van der Waals surface area contributed by atoms with Gasteiger partial charge in [0.05, 0.1) is 16.8 Å². The molecule has 1 fully saturated rings. The van der Waals surface area contributed by atoms with E-state index in [-0.39, 0.29) is 5.38 Å². The highest BCUT2D eigenvalue weighted by molar-refractivity contribution is 6.23. The lowest BCUT2D eigenvalue weighted by Crippen LogP contribution is -2.29. The van der Waals surface area contributed by atoms with E-state index < -0.39 is 0 Å². The number of halogens is 1. The summed E-state index contributed by atoms with van der Waals surface area (Å²) in [5, 5.41) is 3.57. The van der Waals surface area contributed by atoms with E-state index >= 15 is 0 Å². The van der Waals surface area contributed by atoms with Crippen LogP contribution in [0.1, 0.15) is 50.1 Å². The summed E-state index contributed by atoms with van der Waals surface area (Å²) in [6, 6.07) is 0.526. The van der Waals surface area contributed by atoms with Crippen LogP contribution in [0.5, 0.6) is 0 Å². The molecule has 134 valence electrons. The highest BCUT2D eigenvalue weighted by Crippen LogP contribution is 2.34.